The molecule has 0 bridgehead atoms. The summed E-state index contributed by atoms with van der Waals surface area (Å²) in [7, 11) is 0. The first-order valence-corrected chi connectivity index (χ1v) is 13.6. The second-order valence-electron chi connectivity index (χ2n) is 10.5. The number of hydrogen-bond acceptors (Lipinski definition) is 5. The molecule has 4 fully saturated rings. The minimum absolute atomic E-state index is 0.0163. The molecule has 3 amide bonds. The highest BCUT2D eigenvalue weighted by Gasteiger charge is 2.31. The third kappa shape index (κ3) is 5.47. The van der Waals surface area contributed by atoms with Crippen molar-refractivity contribution >= 4 is 29.1 Å². The van der Waals surface area contributed by atoms with Crippen LogP contribution in [0.15, 0.2) is 18.2 Å². The monoisotopic (exact) mass is 481 g/mol. The zero-order chi connectivity index (χ0) is 24.2. The minimum Gasteiger partial charge on any atom is -0.368 e. The quantitative estimate of drug-likeness (QED) is 0.676. The predicted molar refractivity (Wildman–Crippen MR) is 137 cm³/mol. The van der Waals surface area contributed by atoms with Crippen LogP contribution in [-0.4, -0.2) is 79.9 Å². The lowest BCUT2D eigenvalue weighted by Gasteiger charge is -2.31. The molecule has 0 spiro atoms. The van der Waals surface area contributed by atoms with Crippen molar-refractivity contribution in [2.24, 2.45) is 11.8 Å². The Labute approximate surface area is 208 Å². The van der Waals surface area contributed by atoms with Crippen LogP contribution in [0.5, 0.6) is 0 Å². The van der Waals surface area contributed by atoms with Gasteiger partial charge in [0.05, 0.1) is 11.4 Å². The Morgan fingerprint density at radius 1 is 0.771 bits per heavy atom. The maximum absolute atomic E-state index is 13.2. The second-order valence-corrected chi connectivity index (χ2v) is 10.5. The van der Waals surface area contributed by atoms with Gasteiger partial charge in [0.1, 0.15) is 0 Å². The molecule has 0 radical (unpaired) electrons. The topological polar surface area (TPSA) is 85.0 Å². The maximum Gasteiger partial charge on any atom is 0.254 e. The molecule has 8 nitrogen and oxygen atoms in total. The van der Waals surface area contributed by atoms with Crippen molar-refractivity contribution in [3.05, 3.63) is 23.8 Å². The highest BCUT2D eigenvalue weighted by atomic mass is 16.2. The molecule has 8 heteroatoms. The van der Waals surface area contributed by atoms with Crippen LogP contribution >= 0.6 is 0 Å². The number of benzene rings is 1. The number of rotatable bonds is 5. The van der Waals surface area contributed by atoms with Gasteiger partial charge in [0.2, 0.25) is 11.8 Å². The van der Waals surface area contributed by atoms with Gasteiger partial charge in [-0.25, -0.2) is 0 Å². The van der Waals surface area contributed by atoms with E-state index in [4.69, 9.17) is 0 Å². The molecule has 4 aliphatic rings. The van der Waals surface area contributed by atoms with Crippen molar-refractivity contribution in [2.75, 3.05) is 62.6 Å². The first-order chi connectivity index (χ1) is 17.1. The van der Waals surface area contributed by atoms with Crippen LogP contribution < -0.4 is 15.5 Å². The Bertz CT molecular complexity index is 935. The third-order valence-corrected chi connectivity index (χ3v) is 8.23. The van der Waals surface area contributed by atoms with E-state index in [2.05, 4.69) is 15.5 Å². The SMILES string of the molecule is O=C(Nc1cc(C(=O)N2CCNCC2)ccc1N1CCCN(C(=O)C2CCC2)CC1)C1CCCC1. The van der Waals surface area contributed by atoms with Crippen LogP contribution in [0.4, 0.5) is 11.4 Å². The Morgan fingerprint density at radius 2 is 1.51 bits per heavy atom. The zero-order valence-corrected chi connectivity index (χ0v) is 20.8. The minimum atomic E-state index is 0.0163. The molecule has 2 aliphatic carbocycles. The molecule has 0 unspecified atom stereocenters. The van der Waals surface area contributed by atoms with Gasteiger partial charge < -0.3 is 25.3 Å². The van der Waals surface area contributed by atoms with Crippen molar-refractivity contribution < 1.29 is 14.4 Å². The summed E-state index contributed by atoms with van der Waals surface area (Å²) in [5.41, 5.74) is 2.29. The zero-order valence-electron chi connectivity index (χ0n) is 20.8. The lowest BCUT2D eigenvalue weighted by molar-refractivity contribution is -0.137. The number of amides is 3. The summed E-state index contributed by atoms with van der Waals surface area (Å²) in [5.74, 6) is 0.660. The first kappa shape index (κ1) is 24.1. The summed E-state index contributed by atoms with van der Waals surface area (Å²) in [4.78, 5) is 45.2. The molecule has 2 aliphatic heterocycles. The molecule has 2 saturated carbocycles. The maximum atomic E-state index is 13.2. The summed E-state index contributed by atoms with van der Waals surface area (Å²) in [6, 6.07) is 5.75. The van der Waals surface area contributed by atoms with E-state index in [0.717, 1.165) is 89.0 Å². The van der Waals surface area contributed by atoms with Gasteiger partial charge in [-0.2, -0.15) is 0 Å². The molecule has 2 N–H and O–H groups in total. The van der Waals surface area contributed by atoms with E-state index < -0.39 is 0 Å². The largest absolute Gasteiger partial charge is 0.368 e. The van der Waals surface area contributed by atoms with Gasteiger partial charge >= 0.3 is 0 Å². The predicted octanol–water partition coefficient (Wildman–Crippen LogP) is 2.70. The third-order valence-electron chi connectivity index (χ3n) is 8.23. The van der Waals surface area contributed by atoms with Crippen LogP contribution in [0, 0.1) is 11.8 Å². The van der Waals surface area contributed by atoms with E-state index in [9.17, 15) is 14.4 Å². The lowest BCUT2D eigenvalue weighted by Crippen LogP contribution is -2.46. The van der Waals surface area contributed by atoms with Gasteiger partial charge in [-0.15, -0.1) is 0 Å². The number of hydrogen-bond donors (Lipinski definition) is 2. The molecule has 2 heterocycles. The van der Waals surface area contributed by atoms with Gasteiger partial charge in [-0.05, 0) is 50.3 Å². The first-order valence-electron chi connectivity index (χ1n) is 13.6. The number of nitrogens with one attached hydrogen (secondary N) is 2. The van der Waals surface area contributed by atoms with E-state index in [-0.39, 0.29) is 23.7 Å². The van der Waals surface area contributed by atoms with Crippen molar-refractivity contribution in [2.45, 2.75) is 51.4 Å². The number of anilines is 2. The van der Waals surface area contributed by atoms with Crippen molar-refractivity contribution in [1.29, 1.82) is 0 Å². The Kier molecular flexibility index (Phi) is 7.56. The van der Waals surface area contributed by atoms with Crippen LogP contribution in [0.3, 0.4) is 0 Å². The van der Waals surface area contributed by atoms with Crippen LogP contribution in [0.25, 0.3) is 0 Å². The Balaban J connectivity index is 1.35. The molecule has 1 aromatic carbocycles. The van der Waals surface area contributed by atoms with Gasteiger partial charge in [0.15, 0.2) is 0 Å². The number of piperazine rings is 1. The van der Waals surface area contributed by atoms with Crippen molar-refractivity contribution in [3.63, 3.8) is 0 Å². The smallest absolute Gasteiger partial charge is 0.254 e. The van der Waals surface area contributed by atoms with Gasteiger partial charge in [-0.1, -0.05) is 19.3 Å². The van der Waals surface area contributed by atoms with E-state index in [1.807, 2.05) is 28.0 Å². The molecule has 5 rings (SSSR count). The van der Waals surface area contributed by atoms with Crippen molar-refractivity contribution in [3.8, 4) is 0 Å². The van der Waals surface area contributed by atoms with Gasteiger partial charge in [-0.3, -0.25) is 14.4 Å². The summed E-state index contributed by atoms with van der Waals surface area (Å²) >= 11 is 0. The molecular weight excluding hydrogens is 442 g/mol. The van der Waals surface area contributed by atoms with Crippen LogP contribution in [-0.2, 0) is 9.59 Å². The van der Waals surface area contributed by atoms with Crippen molar-refractivity contribution in [1.82, 2.24) is 15.1 Å². The number of carbonyl (C=O) groups excluding carboxylic acids is 3. The highest BCUT2D eigenvalue weighted by Crippen LogP contribution is 2.33. The highest BCUT2D eigenvalue weighted by molar-refractivity contribution is 6.00. The van der Waals surface area contributed by atoms with E-state index in [1.165, 1.54) is 6.42 Å². The average molecular weight is 482 g/mol. The molecular formula is C27H39N5O3. The van der Waals surface area contributed by atoms with Gasteiger partial charge in [0, 0.05) is 69.8 Å². The standard InChI is InChI=1S/C27H39N5O3/c33-25(20-5-1-2-6-20)29-23-19-22(27(35)32-15-11-28-12-16-32)9-10-24(23)30-13-4-14-31(18-17-30)26(34)21-7-3-8-21/h9-10,19-21,28H,1-8,11-18H2,(H,29,33). The Morgan fingerprint density at radius 3 is 2.23 bits per heavy atom. The molecule has 35 heavy (non-hydrogen) atoms. The molecule has 190 valence electrons. The van der Waals surface area contributed by atoms with Crippen LogP contribution in [0.1, 0.15) is 61.7 Å². The summed E-state index contributed by atoms with van der Waals surface area (Å²) in [6.45, 7) is 6.05. The summed E-state index contributed by atoms with van der Waals surface area (Å²) in [6.07, 6.45) is 8.19. The Hall–Kier alpha value is -2.61. The number of nitrogens with zero attached hydrogens (tertiary/aromatic N) is 3. The fourth-order valence-corrected chi connectivity index (χ4v) is 5.81. The molecule has 2 saturated heterocycles. The molecule has 0 aromatic heterocycles. The molecule has 0 atom stereocenters. The fourth-order valence-electron chi connectivity index (χ4n) is 5.81. The van der Waals surface area contributed by atoms with Gasteiger partial charge in [0.25, 0.3) is 5.91 Å². The van der Waals surface area contributed by atoms with E-state index >= 15 is 0 Å². The average Bonchev–Trinajstić information content (AvgIpc) is 3.28. The van der Waals surface area contributed by atoms with E-state index in [1.54, 1.807) is 0 Å². The second kappa shape index (κ2) is 11.0. The number of carbonyl (C=O) groups is 3. The lowest BCUT2D eigenvalue weighted by atomic mass is 9.84. The van der Waals surface area contributed by atoms with E-state index in [0.29, 0.717) is 31.1 Å². The summed E-state index contributed by atoms with van der Waals surface area (Å²) in [5, 5.41) is 6.48. The normalized spacial score (nSPS) is 22.0. The molecule has 1 aromatic rings. The summed E-state index contributed by atoms with van der Waals surface area (Å²) < 4.78 is 0. The van der Waals surface area contributed by atoms with Crippen LogP contribution in [0.2, 0.25) is 0 Å². The fraction of sp³-hybridized carbons (Fsp3) is 0.667.